The predicted molar refractivity (Wildman–Crippen MR) is 128 cm³/mol. The van der Waals surface area contributed by atoms with Crippen LogP contribution < -0.4 is 5.32 Å². The lowest BCUT2D eigenvalue weighted by Crippen LogP contribution is -2.32. The van der Waals surface area contributed by atoms with Gasteiger partial charge in [0.2, 0.25) is 5.89 Å². The van der Waals surface area contributed by atoms with E-state index in [4.69, 9.17) is 32.4 Å². The van der Waals surface area contributed by atoms with Crippen molar-refractivity contribution in [3.05, 3.63) is 87.6 Å². The molecule has 8 heteroatoms. The average Bonchev–Trinajstić information content (AvgIpc) is 3.51. The van der Waals surface area contributed by atoms with Crippen LogP contribution in [0, 0.1) is 0 Å². The van der Waals surface area contributed by atoms with E-state index in [2.05, 4.69) is 34.3 Å². The minimum absolute atomic E-state index is 0.0571. The highest BCUT2D eigenvalue weighted by molar-refractivity contribution is 6.35. The van der Waals surface area contributed by atoms with E-state index < -0.39 is 0 Å². The molecule has 1 fully saturated rings. The van der Waals surface area contributed by atoms with Crippen LogP contribution in [0.2, 0.25) is 10.0 Å². The van der Waals surface area contributed by atoms with Gasteiger partial charge < -0.3 is 14.5 Å². The van der Waals surface area contributed by atoms with E-state index in [1.807, 2.05) is 30.3 Å². The number of oxazole rings is 1. The van der Waals surface area contributed by atoms with Gasteiger partial charge in [-0.25, -0.2) is 4.98 Å². The Morgan fingerprint density at radius 3 is 2.76 bits per heavy atom. The number of carbonyl (C=O) groups is 1. The summed E-state index contributed by atoms with van der Waals surface area (Å²) in [6.07, 6.45) is 3.47. The molecule has 0 bridgehead atoms. The lowest BCUT2D eigenvalue weighted by Gasteiger charge is -2.28. The highest BCUT2D eigenvalue weighted by atomic mass is 35.5. The second-order valence-electron chi connectivity index (χ2n) is 8.20. The fraction of sp³-hybridized carbons (Fsp3) is 0.360. The third-order valence-corrected chi connectivity index (χ3v) is 6.44. The number of aromatic nitrogens is 1. The maximum atomic E-state index is 12.5. The molecule has 1 amide bonds. The van der Waals surface area contributed by atoms with Crippen molar-refractivity contribution in [1.82, 2.24) is 15.2 Å². The molecule has 0 radical (unpaired) electrons. The first-order chi connectivity index (χ1) is 16.0. The first-order valence-electron chi connectivity index (χ1n) is 11.1. The van der Waals surface area contributed by atoms with Crippen molar-refractivity contribution < 1.29 is 13.9 Å². The summed E-state index contributed by atoms with van der Waals surface area (Å²) in [5, 5.41) is 4.08. The molecule has 1 saturated heterocycles. The van der Waals surface area contributed by atoms with Crippen molar-refractivity contribution in [3.63, 3.8) is 0 Å². The third kappa shape index (κ3) is 6.36. The van der Waals surface area contributed by atoms with Crippen LogP contribution in [0.15, 0.2) is 59.2 Å². The number of rotatable bonds is 9. The predicted octanol–water partition coefficient (Wildman–Crippen LogP) is 5.65. The Balaban J connectivity index is 1.48. The van der Waals surface area contributed by atoms with E-state index in [0.29, 0.717) is 35.6 Å². The van der Waals surface area contributed by atoms with E-state index in [9.17, 15) is 4.79 Å². The lowest BCUT2D eigenvalue weighted by atomic mass is 10.1. The molecule has 1 aliphatic rings. The minimum atomic E-state index is -0.260. The van der Waals surface area contributed by atoms with E-state index in [1.54, 1.807) is 6.07 Å². The normalized spacial score (nSPS) is 16.8. The Bertz CT molecular complexity index is 1070. The van der Waals surface area contributed by atoms with Gasteiger partial charge in [-0.2, -0.15) is 0 Å². The molecule has 2 aromatic carbocycles. The summed E-state index contributed by atoms with van der Waals surface area (Å²) in [5.74, 6) is 0.203. The number of hydrogen-bond acceptors (Lipinski definition) is 5. The number of halogens is 2. The SMILES string of the molecule is C[C@H](c1ccccc1)N(Cc1nc(C(=O)NC[C@H]2CCCO2)co1)Cc1ccc(Cl)cc1Cl. The summed E-state index contributed by atoms with van der Waals surface area (Å²) >= 11 is 12.5. The summed E-state index contributed by atoms with van der Waals surface area (Å²) in [7, 11) is 0. The summed E-state index contributed by atoms with van der Waals surface area (Å²) < 4.78 is 11.2. The molecule has 0 aliphatic carbocycles. The van der Waals surface area contributed by atoms with Gasteiger partial charge >= 0.3 is 0 Å². The fourth-order valence-corrected chi connectivity index (χ4v) is 4.37. The molecular formula is C25H27Cl2N3O3. The number of nitrogens with one attached hydrogen (secondary N) is 1. The Morgan fingerprint density at radius 1 is 1.21 bits per heavy atom. The molecule has 1 aliphatic heterocycles. The molecule has 1 N–H and O–H groups in total. The van der Waals surface area contributed by atoms with Crippen LogP contribution in [-0.2, 0) is 17.8 Å². The first-order valence-corrected chi connectivity index (χ1v) is 11.8. The molecule has 0 saturated carbocycles. The van der Waals surface area contributed by atoms with Crippen LogP contribution >= 0.6 is 23.2 Å². The van der Waals surface area contributed by atoms with E-state index >= 15 is 0 Å². The molecule has 2 heterocycles. The molecule has 1 aromatic heterocycles. The monoisotopic (exact) mass is 487 g/mol. The lowest BCUT2D eigenvalue weighted by molar-refractivity contribution is 0.0853. The van der Waals surface area contributed by atoms with Gasteiger partial charge in [0.1, 0.15) is 6.26 Å². The van der Waals surface area contributed by atoms with E-state index in [-0.39, 0.29) is 23.7 Å². The van der Waals surface area contributed by atoms with Crippen LogP contribution in [0.4, 0.5) is 0 Å². The zero-order valence-electron chi connectivity index (χ0n) is 18.5. The van der Waals surface area contributed by atoms with Crippen LogP contribution in [-0.4, -0.2) is 35.0 Å². The second-order valence-corrected chi connectivity index (χ2v) is 9.04. The van der Waals surface area contributed by atoms with Crippen LogP contribution in [0.3, 0.4) is 0 Å². The number of carbonyl (C=O) groups excluding carboxylic acids is 1. The standard InChI is InChI=1S/C25H27Cl2N3O3/c1-17(18-6-3-2-4-7-18)30(14-19-9-10-20(26)12-22(19)27)15-24-29-23(16-33-24)25(31)28-13-21-8-5-11-32-21/h2-4,6-7,9-10,12,16-17,21H,5,8,11,13-15H2,1H3,(H,28,31)/t17-,21-/m1/s1. The maximum absolute atomic E-state index is 12.5. The number of benzene rings is 2. The van der Waals surface area contributed by atoms with Gasteiger partial charge in [-0.05, 0) is 43.0 Å². The van der Waals surface area contributed by atoms with Crippen LogP contribution in [0.25, 0.3) is 0 Å². The van der Waals surface area contributed by atoms with Crippen LogP contribution in [0.5, 0.6) is 0 Å². The van der Waals surface area contributed by atoms with Gasteiger partial charge in [0.25, 0.3) is 5.91 Å². The third-order valence-electron chi connectivity index (χ3n) is 5.86. The summed E-state index contributed by atoms with van der Waals surface area (Å²) in [5.41, 5.74) is 2.37. The van der Waals surface area contributed by atoms with Gasteiger partial charge in [0.05, 0.1) is 12.6 Å². The highest BCUT2D eigenvalue weighted by Crippen LogP contribution is 2.28. The molecule has 6 nitrogen and oxygen atoms in total. The maximum Gasteiger partial charge on any atom is 0.273 e. The van der Waals surface area contributed by atoms with Crippen molar-refractivity contribution in [2.24, 2.45) is 0 Å². The minimum Gasteiger partial charge on any atom is -0.447 e. The molecule has 0 unspecified atom stereocenters. The zero-order chi connectivity index (χ0) is 23.2. The molecular weight excluding hydrogens is 461 g/mol. The van der Waals surface area contributed by atoms with E-state index in [0.717, 1.165) is 30.6 Å². The van der Waals surface area contributed by atoms with Gasteiger partial charge in [0, 0.05) is 35.8 Å². The van der Waals surface area contributed by atoms with Crippen LogP contribution in [0.1, 0.15) is 53.3 Å². The Hall–Kier alpha value is -2.38. The van der Waals surface area contributed by atoms with Crippen molar-refractivity contribution in [2.45, 2.75) is 45.0 Å². The highest BCUT2D eigenvalue weighted by Gasteiger charge is 2.22. The summed E-state index contributed by atoms with van der Waals surface area (Å²) in [4.78, 5) is 19.1. The van der Waals surface area contributed by atoms with Crippen molar-refractivity contribution >= 4 is 29.1 Å². The number of nitrogens with zero attached hydrogens (tertiary/aromatic N) is 2. The van der Waals surface area contributed by atoms with Crippen molar-refractivity contribution in [1.29, 1.82) is 0 Å². The van der Waals surface area contributed by atoms with Gasteiger partial charge in [-0.1, -0.05) is 59.6 Å². The number of ether oxygens (including phenoxy) is 1. The molecule has 174 valence electrons. The molecule has 4 rings (SSSR count). The Morgan fingerprint density at radius 2 is 2.03 bits per heavy atom. The van der Waals surface area contributed by atoms with Crippen molar-refractivity contribution in [2.75, 3.05) is 13.2 Å². The topological polar surface area (TPSA) is 67.6 Å². The van der Waals surface area contributed by atoms with Gasteiger partial charge in [-0.3, -0.25) is 9.69 Å². The largest absolute Gasteiger partial charge is 0.447 e. The summed E-state index contributed by atoms with van der Waals surface area (Å²) in [6.45, 7) is 4.33. The zero-order valence-corrected chi connectivity index (χ0v) is 20.0. The smallest absolute Gasteiger partial charge is 0.273 e. The van der Waals surface area contributed by atoms with Gasteiger partial charge in [-0.15, -0.1) is 0 Å². The van der Waals surface area contributed by atoms with Crippen molar-refractivity contribution in [3.8, 4) is 0 Å². The fourth-order valence-electron chi connectivity index (χ4n) is 3.90. The molecule has 3 aromatic rings. The molecule has 33 heavy (non-hydrogen) atoms. The Kier molecular flexibility index (Phi) is 8.04. The Labute approximate surface area is 203 Å². The summed E-state index contributed by atoms with van der Waals surface area (Å²) in [6, 6.07) is 15.7. The molecule has 2 atom stereocenters. The second kappa shape index (κ2) is 11.2. The number of hydrogen-bond donors (Lipinski definition) is 1. The van der Waals surface area contributed by atoms with E-state index in [1.165, 1.54) is 6.26 Å². The quantitative estimate of drug-likeness (QED) is 0.422. The average molecular weight is 488 g/mol. The number of amides is 1. The van der Waals surface area contributed by atoms with Gasteiger partial charge in [0.15, 0.2) is 5.69 Å². The first kappa shape index (κ1) is 23.8. The molecule has 0 spiro atoms.